The van der Waals surface area contributed by atoms with Gasteiger partial charge in [0.15, 0.2) is 6.10 Å². The number of carbonyl (C=O) groups is 1. The summed E-state index contributed by atoms with van der Waals surface area (Å²) in [5, 5.41) is 0. The lowest BCUT2D eigenvalue weighted by Gasteiger charge is -2.40. The van der Waals surface area contributed by atoms with Gasteiger partial charge in [-0.15, -0.1) is 0 Å². The van der Waals surface area contributed by atoms with Crippen molar-refractivity contribution in [1.29, 1.82) is 0 Å². The number of rotatable bonds is 8. The maximum absolute atomic E-state index is 13.1. The van der Waals surface area contributed by atoms with Crippen molar-refractivity contribution in [2.75, 3.05) is 6.54 Å². The molecular formula is C23H29NO5S. The number of benzene rings is 2. The van der Waals surface area contributed by atoms with Gasteiger partial charge in [-0.25, -0.2) is 4.79 Å². The predicted molar refractivity (Wildman–Crippen MR) is 114 cm³/mol. The van der Waals surface area contributed by atoms with Crippen molar-refractivity contribution < 1.29 is 22.1 Å². The Bertz CT molecular complexity index is 935. The smallest absolute Gasteiger partial charge is 0.337 e. The molecule has 7 heteroatoms. The highest BCUT2D eigenvalue weighted by Crippen LogP contribution is 2.41. The molecule has 0 heterocycles. The maximum Gasteiger partial charge on any atom is 0.337 e. The van der Waals surface area contributed by atoms with E-state index in [2.05, 4.69) is 0 Å². The molecule has 0 aromatic heterocycles. The summed E-state index contributed by atoms with van der Waals surface area (Å²) < 4.78 is 37.0. The molecule has 30 heavy (non-hydrogen) atoms. The van der Waals surface area contributed by atoms with Gasteiger partial charge in [0.25, 0.3) is 10.1 Å². The first-order valence-corrected chi connectivity index (χ1v) is 11.7. The van der Waals surface area contributed by atoms with Crippen LogP contribution in [0.25, 0.3) is 0 Å². The van der Waals surface area contributed by atoms with Crippen LogP contribution in [0.1, 0.15) is 43.2 Å². The summed E-state index contributed by atoms with van der Waals surface area (Å²) in [6.07, 6.45) is 2.73. The van der Waals surface area contributed by atoms with E-state index in [1.54, 1.807) is 12.1 Å². The lowest BCUT2D eigenvalue weighted by atomic mass is 9.70. The van der Waals surface area contributed by atoms with Crippen LogP contribution in [0, 0.1) is 12.3 Å². The molecule has 0 aliphatic heterocycles. The first-order chi connectivity index (χ1) is 14.4. The van der Waals surface area contributed by atoms with E-state index in [9.17, 15) is 13.2 Å². The highest BCUT2D eigenvalue weighted by atomic mass is 32.2. The average molecular weight is 432 g/mol. The Morgan fingerprint density at radius 3 is 2.27 bits per heavy atom. The molecule has 0 saturated heterocycles. The second kappa shape index (κ2) is 9.73. The third-order valence-corrected chi connectivity index (χ3v) is 7.08. The molecule has 2 aromatic carbocycles. The summed E-state index contributed by atoms with van der Waals surface area (Å²) in [5.74, 6) is -0.693. The second-order valence-electron chi connectivity index (χ2n) is 7.96. The zero-order valence-electron chi connectivity index (χ0n) is 17.3. The van der Waals surface area contributed by atoms with Crippen LogP contribution in [0.2, 0.25) is 0 Å². The van der Waals surface area contributed by atoms with Gasteiger partial charge in [-0.1, -0.05) is 67.3 Å². The van der Waals surface area contributed by atoms with E-state index in [0.717, 1.165) is 30.4 Å². The van der Waals surface area contributed by atoms with Crippen molar-refractivity contribution in [3.8, 4) is 0 Å². The molecule has 2 N–H and O–H groups in total. The molecule has 0 spiro atoms. The van der Waals surface area contributed by atoms with Gasteiger partial charge in [0.1, 0.15) is 6.61 Å². The van der Waals surface area contributed by atoms with Gasteiger partial charge >= 0.3 is 5.97 Å². The van der Waals surface area contributed by atoms with Gasteiger partial charge in [0.2, 0.25) is 0 Å². The van der Waals surface area contributed by atoms with E-state index in [1.165, 1.54) is 12.1 Å². The van der Waals surface area contributed by atoms with E-state index >= 15 is 0 Å². The normalized spacial score (nSPS) is 17.3. The minimum Gasteiger partial charge on any atom is -0.459 e. The van der Waals surface area contributed by atoms with Crippen LogP contribution < -0.4 is 5.73 Å². The molecule has 1 aliphatic carbocycles. The van der Waals surface area contributed by atoms with Crippen molar-refractivity contribution in [2.24, 2.45) is 11.1 Å². The topological polar surface area (TPSA) is 95.7 Å². The number of aryl methyl sites for hydroxylation is 1. The number of nitrogens with two attached hydrogens (primary N) is 1. The van der Waals surface area contributed by atoms with E-state index < -0.39 is 27.6 Å². The summed E-state index contributed by atoms with van der Waals surface area (Å²) >= 11 is 0. The minimum absolute atomic E-state index is 0.0111. The SMILES string of the molecule is Cc1ccc(S(=O)(=O)OC(C(=O)OCc2ccccc2)C2(CN)CCCCC2)cc1. The molecule has 1 fully saturated rings. The van der Waals surface area contributed by atoms with Crippen molar-refractivity contribution in [3.63, 3.8) is 0 Å². The summed E-state index contributed by atoms with van der Waals surface area (Å²) in [6.45, 7) is 2.07. The number of carbonyl (C=O) groups excluding carboxylic acids is 1. The lowest BCUT2D eigenvalue weighted by Crippen LogP contribution is -2.50. The molecule has 1 saturated carbocycles. The van der Waals surface area contributed by atoms with Crippen molar-refractivity contribution in [3.05, 3.63) is 65.7 Å². The van der Waals surface area contributed by atoms with Gasteiger partial charge in [-0.3, -0.25) is 4.18 Å². The largest absolute Gasteiger partial charge is 0.459 e. The molecule has 6 nitrogen and oxygen atoms in total. The molecule has 162 valence electrons. The molecule has 0 radical (unpaired) electrons. The predicted octanol–water partition coefficient (Wildman–Crippen LogP) is 3.72. The van der Waals surface area contributed by atoms with Crippen LogP contribution in [0.15, 0.2) is 59.5 Å². The fourth-order valence-electron chi connectivity index (χ4n) is 3.91. The van der Waals surface area contributed by atoms with Crippen LogP contribution in [-0.4, -0.2) is 27.0 Å². The number of ether oxygens (including phenoxy) is 1. The second-order valence-corrected chi connectivity index (χ2v) is 9.54. The van der Waals surface area contributed by atoms with E-state index in [4.69, 9.17) is 14.7 Å². The van der Waals surface area contributed by atoms with Crippen molar-refractivity contribution in [2.45, 2.75) is 56.6 Å². The summed E-state index contributed by atoms with van der Waals surface area (Å²) in [7, 11) is -4.16. The van der Waals surface area contributed by atoms with Gasteiger partial charge in [-0.05, 0) is 37.5 Å². The zero-order valence-corrected chi connectivity index (χ0v) is 18.1. The molecule has 0 amide bonds. The fraction of sp³-hybridized carbons (Fsp3) is 0.435. The minimum atomic E-state index is -4.16. The van der Waals surface area contributed by atoms with E-state index in [0.29, 0.717) is 12.8 Å². The number of hydrogen-bond donors (Lipinski definition) is 1. The summed E-state index contributed by atoms with van der Waals surface area (Å²) in [5.41, 5.74) is 7.06. The summed E-state index contributed by atoms with van der Waals surface area (Å²) in [6, 6.07) is 15.6. The molecule has 1 atom stereocenters. The summed E-state index contributed by atoms with van der Waals surface area (Å²) in [4.78, 5) is 13.1. The Morgan fingerprint density at radius 1 is 1.03 bits per heavy atom. The molecule has 2 aromatic rings. The molecular weight excluding hydrogens is 402 g/mol. The van der Waals surface area contributed by atoms with Crippen LogP contribution in [0.4, 0.5) is 0 Å². The lowest BCUT2D eigenvalue weighted by molar-refractivity contribution is -0.161. The van der Waals surface area contributed by atoms with Crippen LogP contribution in [0.3, 0.4) is 0 Å². The third-order valence-electron chi connectivity index (χ3n) is 5.78. The van der Waals surface area contributed by atoms with Crippen LogP contribution in [-0.2, 0) is 30.4 Å². The van der Waals surface area contributed by atoms with Crippen molar-refractivity contribution >= 4 is 16.1 Å². The van der Waals surface area contributed by atoms with E-state index in [1.807, 2.05) is 37.3 Å². The maximum atomic E-state index is 13.1. The fourth-order valence-corrected chi connectivity index (χ4v) is 5.03. The Hall–Kier alpha value is -2.22. The Labute approximate surface area is 178 Å². The molecule has 0 bridgehead atoms. The van der Waals surface area contributed by atoms with Crippen LogP contribution >= 0.6 is 0 Å². The van der Waals surface area contributed by atoms with E-state index in [-0.39, 0.29) is 18.0 Å². The molecule has 3 rings (SSSR count). The average Bonchev–Trinajstić information content (AvgIpc) is 2.77. The quantitative estimate of drug-likeness (QED) is 0.505. The standard InChI is InChI=1S/C23H29NO5S/c1-18-10-12-20(13-11-18)30(26,27)29-21(23(17-24)14-6-3-7-15-23)22(25)28-16-19-8-4-2-5-9-19/h2,4-5,8-13,21H,3,6-7,14-17,24H2,1H3. The first kappa shape index (κ1) is 22.5. The van der Waals surface area contributed by atoms with Gasteiger partial charge in [0, 0.05) is 12.0 Å². The van der Waals surface area contributed by atoms with Gasteiger partial charge in [0.05, 0.1) is 4.90 Å². The third kappa shape index (κ3) is 5.28. The van der Waals surface area contributed by atoms with Gasteiger partial charge < -0.3 is 10.5 Å². The monoisotopic (exact) mass is 431 g/mol. The van der Waals surface area contributed by atoms with Crippen LogP contribution in [0.5, 0.6) is 0 Å². The first-order valence-electron chi connectivity index (χ1n) is 10.3. The molecule has 1 aliphatic rings. The Balaban J connectivity index is 1.86. The number of hydrogen-bond acceptors (Lipinski definition) is 6. The molecule has 1 unspecified atom stereocenters. The highest BCUT2D eigenvalue weighted by molar-refractivity contribution is 7.86. The highest BCUT2D eigenvalue weighted by Gasteiger charge is 2.47. The zero-order chi connectivity index (χ0) is 21.6. The van der Waals surface area contributed by atoms with Gasteiger partial charge in [-0.2, -0.15) is 8.42 Å². The number of esters is 1. The Morgan fingerprint density at radius 2 is 1.67 bits per heavy atom. The van der Waals surface area contributed by atoms with Crippen molar-refractivity contribution in [1.82, 2.24) is 0 Å². The Kier molecular flexibility index (Phi) is 7.28.